The lowest BCUT2D eigenvalue weighted by Gasteiger charge is -2.41. The Morgan fingerprint density at radius 3 is 2.22 bits per heavy atom. The van der Waals surface area contributed by atoms with E-state index in [2.05, 4.69) is 4.90 Å². The number of carbonyl (C=O) groups excluding carboxylic acids is 1. The molecule has 7 heteroatoms. The van der Waals surface area contributed by atoms with Gasteiger partial charge in [0.2, 0.25) is 0 Å². The van der Waals surface area contributed by atoms with E-state index in [1.54, 1.807) is 31.2 Å². The highest BCUT2D eigenvalue weighted by Gasteiger charge is 2.34. The lowest BCUT2D eigenvalue weighted by atomic mass is 9.88. The number of aryl methyl sites for hydroxylation is 1. The first-order valence-electron chi connectivity index (χ1n) is 11.8. The molecule has 2 saturated carbocycles. The summed E-state index contributed by atoms with van der Waals surface area (Å²) in [5, 5.41) is 11.0. The van der Waals surface area contributed by atoms with Crippen molar-refractivity contribution in [3.8, 4) is 5.75 Å². The number of nitro benzene ring substituents is 1. The Kier molecular flexibility index (Phi) is 7.12. The Hall–Kier alpha value is -2.83. The van der Waals surface area contributed by atoms with E-state index in [4.69, 9.17) is 9.15 Å². The standard InChI is InChI=1S/C25H32N2O5/c1-18-16-21(12-14-23(18)27(29)30)31-17-22-13-15-24(32-22)25(28)26(19-8-4-2-5-9-19)20-10-6-3-7-11-20/h12-16,19-20H,2-11,17H2,1H3. The summed E-state index contributed by atoms with van der Waals surface area (Å²) in [6.45, 7) is 1.84. The largest absolute Gasteiger partial charge is 0.486 e. The molecule has 0 saturated heterocycles. The lowest BCUT2D eigenvalue weighted by Crippen LogP contribution is -2.48. The van der Waals surface area contributed by atoms with Gasteiger partial charge in [0.05, 0.1) is 4.92 Å². The number of rotatable bonds is 7. The normalized spacial score (nSPS) is 17.8. The first-order valence-corrected chi connectivity index (χ1v) is 11.8. The van der Waals surface area contributed by atoms with E-state index in [1.165, 1.54) is 44.6 Å². The van der Waals surface area contributed by atoms with Gasteiger partial charge in [0, 0.05) is 23.7 Å². The quantitative estimate of drug-likeness (QED) is 0.379. The van der Waals surface area contributed by atoms with E-state index in [0.29, 0.717) is 34.9 Å². The molecule has 1 aromatic heterocycles. The maximum Gasteiger partial charge on any atom is 0.290 e. The molecule has 1 aromatic carbocycles. The molecule has 2 aliphatic carbocycles. The molecule has 0 bridgehead atoms. The van der Waals surface area contributed by atoms with Crippen LogP contribution in [0, 0.1) is 17.0 Å². The number of hydrogen-bond donors (Lipinski definition) is 0. The summed E-state index contributed by atoms with van der Waals surface area (Å²) < 4.78 is 11.7. The molecule has 0 atom stereocenters. The van der Waals surface area contributed by atoms with Gasteiger partial charge in [0.15, 0.2) is 5.76 Å². The summed E-state index contributed by atoms with van der Waals surface area (Å²) in [7, 11) is 0. The van der Waals surface area contributed by atoms with Crippen molar-refractivity contribution in [2.75, 3.05) is 0 Å². The summed E-state index contributed by atoms with van der Waals surface area (Å²) in [6, 6.07) is 8.81. The Labute approximate surface area is 188 Å². The van der Waals surface area contributed by atoms with Crippen molar-refractivity contribution in [1.29, 1.82) is 0 Å². The SMILES string of the molecule is Cc1cc(OCc2ccc(C(=O)N(C3CCCCC3)C3CCCCC3)o2)ccc1[N+](=O)[O-]. The summed E-state index contributed by atoms with van der Waals surface area (Å²) in [4.78, 5) is 26.2. The first kappa shape index (κ1) is 22.4. The predicted octanol–water partition coefficient (Wildman–Crippen LogP) is 6.18. The van der Waals surface area contributed by atoms with Gasteiger partial charge in [-0.05, 0) is 56.9 Å². The average Bonchev–Trinajstić information content (AvgIpc) is 3.28. The minimum absolute atomic E-state index is 0.00114. The number of nitro groups is 1. The van der Waals surface area contributed by atoms with E-state index in [9.17, 15) is 14.9 Å². The fourth-order valence-corrected chi connectivity index (χ4v) is 5.12. The molecule has 1 heterocycles. The molecule has 0 aliphatic heterocycles. The van der Waals surface area contributed by atoms with E-state index in [1.807, 2.05) is 0 Å². The number of benzene rings is 1. The van der Waals surface area contributed by atoms with Crippen molar-refractivity contribution in [3.05, 3.63) is 57.5 Å². The topological polar surface area (TPSA) is 85.8 Å². The van der Waals surface area contributed by atoms with Crippen LogP contribution in [0.1, 0.15) is 86.1 Å². The predicted molar refractivity (Wildman–Crippen MR) is 121 cm³/mol. The van der Waals surface area contributed by atoms with Gasteiger partial charge < -0.3 is 14.1 Å². The Morgan fingerprint density at radius 1 is 1.03 bits per heavy atom. The van der Waals surface area contributed by atoms with Gasteiger partial charge in [-0.25, -0.2) is 0 Å². The van der Waals surface area contributed by atoms with Crippen LogP contribution in [0.2, 0.25) is 0 Å². The fourth-order valence-electron chi connectivity index (χ4n) is 5.12. The van der Waals surface area contributed by atoms with Crippen LogP contribution in [0.15, 0.2) is 34.7 Å². The van der Waals surface area contributed by atoms with Crippen LogP contribution in [0.3, 0.4) is 0 Å². The highest BCUT2D eigenvalue weighted by molar-refractivity contribution is 5.92. The zero-order chi connectivity index (χ0) is 22.5. The van der Waals surface area contributed by atoms with Crippen LogP contribution in [-0.4, -0.2) is 27.8 Å². The minimum atomic E-state index is -0.409. The summed E-state index contributed by atoms with van der Waals surface area (Å²) in [5.74, 6) is 1.47. The van der Waals surface area contributed by atoms with Crippen LogP contribution >= 0.6 is 0 Å². The molecular formula is C25H32N2O5. The monoisotopic (exact) mass is 440 g/mol. The molecule has 0 unspecified atom stereocenters. The minimum Gasteiger partial charge on any atom is -0.486 e. The van der Waals surface area contributed by atoms with Gasteiger partial charge in [-0.1, -0.05) is 38.5 Å². The molecule has 0 radical (unpaired) electrons. The van der Waals surface area contributed by atoms with Crippen molar-refractivity contribution >= 4 is 11.6 Å². The molecule has 172 valence electrons. The second kappa shape index (κ2) is 10.2. The van der Waals surface area contributed by atoms with Crippen LogP contribution in [-0.2, 0) is 6.61 Å². The molecule has 2 aliphatic rings. The van der Waals surface area contributed by atoms with E-state index >= 15 is 0 Å². The molecule has 2 aromatic rings. The van der Waals surface area contributed by atoms with Gasteiger partial charge in [-0.2, -0.15) is 0 Å². The number of nitrogens with zero attached hydrogens (tertiary/aromatic N) is 2. The third-order valence-electron chi connectivity index (χ3n) is 6.79. The number of furan rings is 1. The maximum absolute atomic E-state index is 13.5. The Balaban J connectivity index is 1.44. The van der Waals surface area contributed by atoms with Gasteiger partial charge >= 0.3 is 0 Å². The summed E-state index contributed by atoms with van der Waals surface area (Å²) in [6.07, 6.45) is 11.6. The zero-order valence-electron chi connectivity index (χ0n) is 18.8. The molecule has 7 nitrogen and oxygen atoms in total. The third-order valence-corrected chi connectivity index (χ3v) is 6.79. The Morgan fingerprint density at radius 2 is 1.66 bits per heavy atom. The molecular weight excluding hydrogens is 408 g/mol. The Bertz CT molecular complexity index is 924. The second-order valence-electron chi connectivity index (χ2n) is 9.06. The van der Waals surface area contributed by atoms with Crippen molar-refractivity contribution in [1.82, 2.24) is 4.90 Å². The van der Waals surface area contributed by atoms with E-state index in [-0.39, 0.29) is 18.2 Å². The van der Waals surface area contributed by atoms with Crippen LogP contribution < -0.4 is 4.74 Å². The molecule has 1 amide bonds. The molecule has 32 heavy (non-hydrogen) atoms. The second-order valence-corrected chi connectivity index (χ2v) is 9.06. The van der Waals surface area contributed by atoms with Crippen LogP contribution in [0.25, 0.3) is 0 Å². The number of carbonyl (C=O) groups is 1. The van der Waals surface area contributed by atoms with Crippen molar-refractivity contribution in [2.24, 2.45) is 0 Å². The van der Waals surface area contributed by atoms with Gasteiger partial charge in [-0.15, -0.1) is 0 Å². The number of ether oxygens (including phenoxy) is 1. The maximum atomic E-state index is 13.5. The van der Waals surface area contributed by atoms with Crippen LogP contribution in [0.4, 0.5) is 5.69 Å². The highest BCUT2D eigenvalue weighted by atomic mass is 16.6. The van der Waals surface area contributed by atoms with E-state index < -0.39 is 4.92 Å². The lowest BCUT2D eigenvalue weighted by molar-refractivity contribution is -0.385. The van der Waals surface area contributed by atoms with Gasteiger partial charge in [0.25, 0.3) is 11.6 Å². The molecule has 2 fully saturated rings. The van der Waals surface area contributed by atoms with Gasteiger partial charge in [-0.3, -0.25) is 14.9 Å². The van der Waals surface area contributed by atoms with Crippen LogP contribution in [0.5, 0.6) is 5.75 Å². The smallest absolute Gasteiger partial charge is 0.290 e. The van der Waals surface area contributed by atoms with Crippen molar-refractivity contribution in [2.45, 2.75) is 89.8 Å². The van der Waals surface area contributed by atoms with E-state index in [0.717, 1.165) is 25.7 Å². The average molecular weight is 441 g/mol. The van der Waals surface area contributed by atoms with Crippen molar-refractivity contribution < 1.29 is 18.9 Å². The van der Waals surface area contributed by atoms with Crippen molar-refractivity contribution in [3.63, 3.8) is 0 Å². The third kappa shape index (κ3) is 5.14. The highest BCUT2D eigenvalue weighted by Crippen LogP contribution is 2.32. The van der Waals surface area contributed by atoms with Gasteiger partial charge in [0.1, 0.15) is 18.1 Å². The molecule has 0 N–H and O–H groups in total. The first-order chi connectivity index (χ1) is 15.5. The summed E-state index contributed by atoms with van der Waals surface area (Å²) in [5.41, 5.74) is 0.604. The summed E-state index contributed by atoms with van der Waals surface area (Å²) >= 11 is 0. The molecule has 0 spiro atoms. The zero-order valence-corrected chi connectivity index (χ0v) is 18.8. The fraction of sp³-hybridized carbons (Fsp3) is 0.560. The number of amides is 1. The molecule has 4 rings (SSSR count). The number of hydrogen-bond acceptors (Lipinski definition) is 5.